The lowest BCUT2D eigenvalue weighted by atomic mass is 10.1. The SMILES string of the molecule is CC(CO)NC(=O)Cc1cccc(Cl)c1Br. The Morgan fingerprint density at radius 3 is 2.94 bits per heavy atom. The second kappa shape index (κ2) is 6.23. The molecule has 0 aliphatic carbocycles. The molecule has 0 radical (unpaired) electrons. The largest absolute Gasteiger partial charge is 0.394 e. The number of amides is 1. The zero-order chi connectivity index (χ0) is 12.1. The average Bonchev–Trinajstić information content (AvgIpc) is 2.24. The van der Waals surface area contributed by atoms with Gasteiger partial charge in [-0.1, -0.05) is 23.7 Å². The minimum Gasteiger partial charge on any atom is -0.394 e. The van der Waals surface area contributed by atoms with Gasteiger partial charge in [0.15, 0.2) is 0 Å². The number of nitrogens with one attached hydrogen (secondary N) is 1. The van der Waals surface area contributed by atoms with Crippen LogP contribution in [0, 0.1) is 0 Å². The Kier molecular flexibility index (Phi) is 5.25. The van der Waals surface area contributed by atoms with Gasteiger partial charge in [-0.05, 0) is 34.5 Å². The van der Waals surface area contributed by atoms with Crippen LogP contribution in [-0.2, 0) is 11.2 Å². The molecule has 1 aromatic carbocycles. The lowest BCUT2D eigenvalue weighted by Gasteiger charge is -2.11. The summed E-state index contributed by atoms with van der Waals surface area (Å²) in [6.45, 7) is 1.67. The summed E-state index contributed by atoms with van der Waals surface area (Å²) in [5.41, 5.74) is 0.829. The Morgan fingerprint density at radius 2 is 2.31 bits per heavy atom. The lowest BCUT2D eigenvalue weighted by molar-refractivity contribution is -0.121. The normalized spacial score (nSPS) is 12.2. The van der Waals surface area contributed by atoms with Crippen molar-refractivity contribution in [3.05, 3.63) is 33.3 Å². The molecule has 0 heterocycles. The van der Waals surface area contributed by atoms with Crippen molar-refractivity contribution in [2.45, 2.75) is 19.4 Å². The maximum atomic E-state index is 11.6. The Bertz CT molecular complexity index is 384. The number of carbonyl (C=O) groups is 1. The highest BCUT2D eigenvalue weighted by Crippen LogP contribution is 2.26. The van der Waals surface area contributed by atoms with Crippen molar-refractivity contribution < 1.29 is 9.90 Å². The molecule has 1 amide bonds. The fourth-order valence-electron chi connectivity index (χ4n) is 1.23. The van der Waals surface area contributed by atoms with Crippen molar-refractivity contribution in [2.24, 2.45) is 0 Å². The number of halogens is 2. The molecular formula is C11H13BrClNO2. The van der Waals surface area contributed by atoms with Crippen molar-refractivity contribution in [1.29, 1.82) is 0 Å². The number of hydrogen-bond acceptors (Lipinski definition) is 2. The van der Waals surface area contributed by atoms with E-state index in [-0.39, 0.29) is 25.0 Å². The van der Waals surface area contributed by atoms with Crippen LogP contribution in [0.2, 0.25) is 5.02 Å². The van der Waals surface area contributed by atoms with Crippen LogP contribution in [-0.4, -0.2) is 23.7 Å². The molecule has 0 aliphatic heterocycles. The van der Waals surface area contributed by atoms with Crippen LogP contribution in [0.4, 0.5) is 0 Å². The summed E-state index contributed by atoms with van der Waals surface area (Å²) in [6.07, 6.45) is 0.242. The van der Waals surface area contributed by atoms with Gasteiger partial charge in [-0.15, -0.1) is 0 Å². The second-order valence-electron chi connectivity index (χ2n) is 3.54. The fraction of sp³-hybridized carbons (Fsp3) is 0.364. The Hall–Kier alpha value is -0.580. The smallest absolute Gasteiger partial charge is 0.224 e. The van der Waals surface area contributed by atoms with Crippen LogP contribution in [0.3, 0.4) is 0 Å². The molecule has 1 rings (SSSR count). The van der Waals surface area contributed by atoms with Crippen molar-refractivity contribution in [3.8, 4) is 0 Å². The third-order valence-electron chi connectivity index (χ3n) is 2.06. The Balaban J connectivity index is 2.66. The summed E-state index contributed by atoms with van der Waals surface area (Å²) >= 11 is 9.24. The highest BCUT2D eigenvalue weighted by molar-refractivity contribution is 9.10. The lowest BCUT2D eigenvalue weighted by Crippen LogP contribution is -2.36. The number of hydrogen-bond donors (Lipinski definition) is 2. The highest BCUT2D eigenvalue weighted by Gasteiger charge is 2.10. The van der Waals surface area contributed by atoms with Gasteiger partial charge in [0.2, 0.25) is 5.91 Å². The van der Waals surface area contributed by atoms with Gasteiger partial charge in [-0.2, -0.15) is 0 Å². The van der Waals surface area contributed by atoms with Gasteiger partial charge >= 0.3 is 0 Å². The predicted molar refractivity (Wildman–Crippen MR) is 67.5 cm³/mol. The van der Waals surface area contributed by atoms with Crippen LogP contribution < -0.4 is 5.32 Å². The number of carbonyl (C=O) groups excluding carboxylic acids is 1. The zero-order valence-electron chi connectivity index (χ0n) is 8.84. The quantitative estimate of drug-likeness (QED) is 0.895. The van der Waals surface area contributed by atoms with E-state index in [2.05, 4.69) is 21.2 Å². The van der Waals surface area contributed by atoms with Crippen LogP contribution in [0.15, 0.2) is 22.7 Å². The first-order valence-electron chi connectivity index (χ1n) is 4.87. The van der Waals surface area contributed by atoms with Gasteiger partial charge in [-0.25, -0.2) is 0 Å². The molecule has 3 nitrogen and oxygen atoms in total. The summed E-state index contributed by atoms with van der Waals surface area (Å²) in [5.74, 6) is -0.135. The maximum Gasteiger partial charge on any atom is 0.224 e. The van der Waals surface area contributed by atoms with Crippen molar-refractivity contribution in [3.63, 3.8) is 0 Å². The number of rotatable bonds is 4. The van der Waals surface area contributed by atoms with E-state index < -0.39 is 0 Å². The van der Waals surface area contributed by atoms with E-state index in [4.69, 9.17) is 16.7 Å². The molecule has 0 saturated carbocycles. The molecule has 2 N–H and O–H groups in total. The van der Waals surface area contributed by atoms with E-state index in [1.807, 2.05) is 6.07 Å². The standard InChI is InChI=1S/C11H13BrClNO2/c1-7(6-15)14-10(16)5-8-3-2-4-9(13)11(8)12/h2-4,7,15H,5-6H2,1H3,(H,14,16). The maximum absolute atomic E-state index is 11.6. The van der Waals surface area contributed by atoms with E-state index in [0.29, 0.717) is 5.02 Å². The van der Waals surface area contributed by atoms with Gasteiger partial charge in [-0.3, -0.25) is 4.79 Å². The van der Waals surface area contributed by atoms with E-state index >= 15 is 0 Å². The molecule has 1 aromatic rings. The van der Waals surface area contributed by atoms with Gasteiger partial charge in [0.1, 0.15) is 0 Å². The Morgan fingerprint density at radius 1 is 1.62 bits per heavy atom. The van der Waals surface area contributed by atoms with Crippen LogP contribution in [0.5, 0.6) is 0 Å². The van der Waals surface area contributed by atoms with Crippen LogP contribution in [0.25, 0.3) is 0 Å². The first-order valence-corrected chi connectivity index (χ1v) is 6.04. The third-order valence-corrected chi connectivity index (χ3v) is 3.54. The fourth-order valence-corrected chi connectivity index (χ4v) is 1.83. The summed E-state index contributed by atoms with van der Waals surface area (Å²) in [6, 6.07) is 5.15. The van der Waals surface area contributed by atoms with Gasteiger partial charge < -0.3 is 10.4 Å². The molecule has 0 spiro atoms. The number of benzene rings is 1. The monoisotopic (exact) mass is 305 g/mol. The molecular weight excluding hydrogens is 293 g/mol. The predicted octanol–water partition coefficient (Wildman–Crippen LogP) is 2.14. The third kappa shape index (κ3) is 3.77. The molecule has 0 aromatic heterocycles. The van der Waals surface area contributed by atoms with Crippen molar-refractivity contribution in [2.75, 3.05) is 6.61 Å². The minimum atomic E-state index is -0.231. The topological polar surface area (TPSA) is 49.3 Å². The Labute approximate surface area is 108 Å². The van der Waals surface area contributed by atoms with Crippen molar-refractivity contribution in [1.82, 2.24) is 5.32 Å². The second-order valence-corrected chi connectivity index (χ2v) is 4.74. The highest BCUT2D eigenvalue weighted by atomic mass is 79.9. The number of aliphatic hydroxyl groups is 1. The molecule has 0 saturated heterocycles. The van der Waals surface area contributed by atoms with Gasteiger partial charge in [0.25, 0.3) is 0 Å². The minimum absolute atomic E-state index is 0.0670. The van der Waals surface area contributed by atoms with Crippen LogP contribution in [0.1, 0.15) is 12.5 Å². The van der Waals surface area contributed by atoms with Gasteiger partial charge in [0, 0.05) is 10.5 Å². The molecule has 1 unspecified atom stereocenters. The summed E-state index contributed by atoms with van der Waals surface area (Å²) < 4.78 is 0.739. The summed E-state index contributed by atoms with van der Waals surface area (Å²) in [7, 11) is 0. The average molecular weight is 307 g/mol. The van der Waals surface area contributed by atoms with Crippen molar-refractivity contribution >= 4 is 33.4 Å². The zero-order valence-corrected chi connectivity index (χ0v) is 11.2. The van der Waals surface area contributed by atoms with Gasteiger partial charge in [0.05, 0.1) is 18.1 Å². The molecule has 16 heavy (non-hydrogen) atoms. The van der Waals surface area contributed by atoms with E-state index in [9.17, 15) is 4.79 Å². The summed E-state index contributed by atoms with van der Waals surface area (Å²) in [5, 5.41) is 12.1. The first-order chi connectivity index (χ1) is 7.54. The molecule has 1 atom stereocenters. The first kappa shape index (κ1) is 13.5. The molecule has 0 fully saturated rings. The molecule has 88 valence electrons. The molecule has 5 heteroatoms. The molecule has 0 aliphatic rings. The van der Waals surface area contributed by atoms with E-state index in [1.165, 1.54) is 0 Å². The summed E-state index contributed by atoms with van der Waals surface area (Å²) in [4.78, 5) is 11.6. The molecule has 0 bridgehead atoms. The van der Waals surface area contributed by atoms with E-state index in [0.717, 1.165) is 10.0 Å². The number of aliphatic hydroxyl groups excluding tert-OH is 1. The van der Waals surface area contributed by atoms with Crippen LogP contribution >= 0.6 is 27.5 Å². The van der Waals surface area contributed by atoms with E-state index in [1.54, 1.807) is 19.1 Å².